The maximum absolute atomic E-state index is 12.4. The van der Waals surface area contributed by atoms with Crippen LogP contribution in [-0.2, 0) is 30.6 Å². The van der Waals surface area contributed by atoms with E-state index in [2.05, 4.69) is 10.2 Å². The molecule has 0 spiro atoms. The van der Waals surface area contributed by atoms with Crippen molar-refractivity contribution in [2.24, 2.45) is 0 Å². The Bertz CT molecular complexity index is 646. The minimum absolute atomic E-state index is 0.249. The highest BCUT2D eigenvalue weighted by Crippen LogP contribution is 2.27. The molecule has 120 valence electrons. The van der Waals surface area contributed by atoms with Crippen LogP contribution < -0.4 is 0 Å². The van der Waals surface area contributed by atoms with Gasteiger partial charge in [0.1, 0.15) is 6.54 Å². The van der Waals surface area contributed by atoms with Gasteiger partial charge < -0.3 is 4.90 Å². The minimum atomic E-state index is -4.51. The van der Waals surface area contributed by atoms with Gasteiger partial charge in [-0.05, 0) is 19.1 Å². The van der Waals surface area contributed by atoms with E-state index in [1.54, 1.807) is 24.0 Å². The van der Waals surface area contributed by atoms with Crippen LogP contribution in [0.15, 0.2) is 24.5 Å². The molecule has 2 heterocycles. The first-order valence-electron chi connectivity index (χ1n) is 6.66. The van der Waals surface area contributed by atoms with Crippen molar-refractivity contribution in [3.05, 3.63) is 35.9 Å². The van der Waals surface area contributed by atoms with Crippen molar-refractivity contribution in [3.63, 3.8) is 0 Å². The number of aryl methyl sites for hydroxylation is 1. The summed E-state index contributed by atoms with van der Waals surface area (Å²) in [5.74, 6) is -0.345. The molecule has 0 fully saturated rings. The van der Waals surface area contributed by atoms with Crippen LogP contribution in [0.1, 0.15) is 18.3 Å². The molecule has 0 N–H and O–H groups in total. The number of carbonyl (C=O) groups excluding carboxylic acids is 1. The number of aromatic nitrogens is 4. The van der Waals surface area contributed by atoms with Crippen molar-refractivity contribution in [2.45, 2.75) is 32.7 Å². The number of likely N-dealkylation sites (N-methyl/N-ethyl adjacent to an activating group) is 1. The molecule has 0 atom stereocenters. The SMILES string of the molecule is CCn1ccc(CN(C)C(=O)Cn2ccc(C(F)(F)F)n2)n1. The third-order valence-corrected chi connectivity index (χ3v) is 3.07. The molecule has 0 aromatic carbocycles. The smallest absolute Gasteiger partial charge is 0.338 e. The molecule has 0 saturated carbocycles. The van der Waals surface area contributed by atoms with Gasteiger partial charge >= 0.3 is 6.18 Å². The Balaban J connectivity index is 1.95. The number of halogens is 3. The summed E-state index contributed by atoms with van der Waals surface area (Å²) >= 11 is 0. The van der Waals surface area contributed by atoms with Gasteiger partial charge in [0.05, 0.1) is 12.2 Å². The molecule has 0 unspecified atom stereocenters. The summed E-state index contributed by atoms with van der Waals surface area (Å²) in [5.41, 5.74) is -0.293. The van der Waals surface area contributed by atoms with E-state index in [1.807, 2.05) is 6.92 Å². The number of hydrogen-bond acceptors (Lipinski definition) is 3. The largest absolute Gasteiger partial charge is 0.435 e. The molecule has 22 heavy (non-hydrogen) atoms. The maximum atomic E-state index is 12.4. The van der Waals surface area contributed by atoms with Crippen LogP contribution in [0.5, 0.6) is 0 Å². The zero-order valence-electron chi connectivity index (χ0n) is 12.2. The Hall–Kier alpha value is -2.32. The van der Waals surface area contributed by atoms with Crippen molar-refractivity contribution in [1.82, 2.24) is 24.5 Å². The summed E-state index contributed by atoms with van der Waals surface area (Å²) in [7, 11) is 1.57. The molecule has 0 aliphatic rings. The second kappa shape index (κ2) is 6.20. The fraction of sp³-hybridized carbons (Fsp3) is 0.462. The van der Waals surface area contributed by atoms with Gasteiger partial charge in [0.15, 0.2) is 5.69 Å². The number of amides is 1. The summed E-state index contributed by atoms with van der Waals surface area (Å²) in [5, 5.41) is 7.60. The Labute approximate surface area is 125 Å². The van der Waals surface area contributed by atoms with Crippen molar-refractivity contribution >= 4 is 5.91 Å². The highest BCUT2D eigenvalue weighted by Gasteiger charge is 2.33. The lowest BCUT2D eigenvalue weighted by Crippen LogP contribution is -2.30. The van der Waals surface area contributed by atoms with E-state index < -0.39 is 11.9 Å². The standard InChI is InChI=1S/C13H16F3N5O/c1-3-20-6-4-10(17-20)8-19(2)12(22)9-21-7-5-11(18-21)13(14,15)16/h4-7H,3,8-9H2,1-2H3. The molecular weight excluding hydrogens is 299 g/mol. The highest BCUT2D eigenvalue weighted by molar-refractivity contribution is 5.75. The van der Waals surface area contributed by atoms with Crippen molar-refractivity contribution in [1.29, 1.82) is 0 Å². The number of carbonyl (C=O) groups is 1. The van der Waals surface area contributed by atoms with Crippen molar-refractivity contribution in [2.75, 3.05) is 7.05 Å². The predicted molar refractivity (Wildman–Crippen MR) is 71.6 cm³/mol. The highest BCUT2D eigenvalue weighted by atomic mass is 19.4. The van der Waals surface area contributed by atoms with Crippen molar-refractivity contribution < 1.29 is 18.0 Å². The number of alkyl halides is 3. The molecule has 0 aliphatic carbocycles. The lowest BCUT2D eigenvalue weighted by atomic mass is 10.4. The van der Waals surface area contributed by atoms with E-state index in [0.717, 1.165) is 23.5 Å². The van der Waals surface area contributed by atoms with Crippen LogP contribution in [0.2, 0.25) is 0 Å². The fourth-order valence-corrected chi connectivity index (χ4v) is 1.86. The van der Waals surface area contributed by atoms with Crippen molar-refractivity contribution in [3.8, 4) is 0 Å². The number of rotatable bonds is 5. The third-order valence-electron chi connectivity index (χ3n) is 3.07. The quantitative estimate of drug-likeness (QED) is 0.845. The summed E-state index contributed by atoms with van der Waals surface area (Å²) in [6.45, 7) is 2.72. The predicted octanol–water partition coefficient (Wildman–Crippen LogP) is 1.78. The Morgan fingerprint density at radius 3 is 2.45 bits per heavy atom. The first kappa shape index (κ1) is 16.1. The molecule has 6 nitrogen and oxygen atoms in total. The Kier molecular flexibility index (Phi) is 4.53. The van der Waals surface area contributed by atoms with Crippen LogP contribution in [0.3, 0.4) is 0 Å². The van der Waals surface area contributed by atoms with Crippen LogP contribution in [0.25, 0.3) is 0 Å². The lowest BCUT2D eigenvalue weighted by molar-refractivity contribution is -0.142. The molecule has 2 rings (SSSR count). The number of hydrogen-bond donors (Lipinski definition) is 0. The molecule has 2 aromatic rings. The van der Waals surface area contributed by atoms with Gasteiger partial charge in [0.2, 0.25) is 5.91 Å². The molecule has 2 aromatic heterocycles. The summed E-state index contributed by atoms with van der Waals surface area (Å²) < 4.78 is 40.0. The van der Waals surface area contributed by atoms with Crippen LogP contribution >= 0.6 is 0 Å². The second-order valence-electron chi connectivity index (χ2n) is 4.81. The van der Waals surface area contributed by atoms with E-state index in [1.165, 1.54) is 4.90 Å². The van der Waals surface area contributed by atoms with Gasteiger partial charge in [-0.2, -0.15) is 23.4 Å². The summed E-state index contributed by atoms with van der Waals surface area (Å²) in [6, 6.07) is 2.64. The second-order valence-corrected chi connectivity index (χ2v) is 4.81. The fourth-order valence-electron chi connectivity index (χ4n) is 1.86. The first-order chi connectivity index (χ1) is 10.3. The zero-order valence-corrected chi connectivity index (χ0v) is 12.2. The Morgan fingerprint density at radius 1 is 1.23 bits per heavy atom. The molecule has 0 bridgehead atoms. The van der Waals surface area contributed by atoms with Crippen LogP contribution in [0, 0.1) is 0 Å². The molecular formula is C13H16F3N5O. The summed E-state index contributed by atoms with van der Waals surface area (Å²) in [6.07, 6.45) is -1.57. The van der Waals surface area contributed by atoms with Crippen LogP contribution in [-0.4, -0.2) is 37.4 Å². The van der Waals surface area contributed by atoms with E-state index in [-0.39, 0.29) is 12.5 Å². The molecule has 0 aliphatic heterocycles. The van der Waals surface area contributed by atoms with E-state index in [4.69, 9.17) is 0 Å². The van der Waals surface area contributed by atoms with Gasteiger partial charge in [0.25, 0.3) is 0 Å². The normalized spacial score (nSPS) is 11.7. The number of nitrogens with zero attached hydrogens (tertiary/aromatic N) is 5. The van der Waals surface area contributed by atoms with E-state index >= 15 is 0 Å². The molecule has 9 heteroatoms. The van der Waals surface area contributed by atoms with E-state index in [0.29, 0.717) is 12.2 Å². The Morgan fingerprint density at radius 2 is 1.91 bits per heavy atom. The van der Waals surface area contributed by atoms with Gasteiger partial charge in [-0.1, -0.05) is 0 Å². The molecule has 1 amide bonds. The molecule has 0 radical (unpaired) electrons. The van der Waals surface area contributed by atoms with Gasteiger partial charge in [-0.3, -0.25) is 14.2 Å². The third kappa shape index (κ3) is 3.86. The average molecular weight is 315 g/mol. The van der Waals surface area contributed by atoms with E-state index in [9.17, 15) is 18.0 Å². The summed E-state index contributed by atoms with van der Waals surface area (Å²) in [4.78, 5) is 13.4. The average Bonchev–Trinajstić information content (AvgIpc) is 3.07. The van der Waals surface area contributed by atoms with Gasteiger partial charge in [-0.15, -0.1) is 0 Å². The van der Waals surface area contributed by atoms with Gasteiger partial charge in [-0.25, -0.2) is 0 Å². The van der Waals surface area contributed by atoms with Crippen LogP contribution in [0.4, 0.5) is 13.2 Å². The topological polar surface area (TPSA) is 56.0 Å². The molecule has 0 saturated heterocycles. The van der Waals surface area contributed by atoms with Gasteiger partial charge in [0, 0.05) is 26.0 Å². The lowest BCUT2D eigenvalue weighted by Gasteiger charge is -2.15. The zero-order chi connectivity index (χ0) is 16.3. The first-order valence-corrected chi connectivity index (χ1v) is 6.66. The maximum Gasteiger partial charge on any atom is 0.435 e. The monoisotopic (exact) mass is 315 g/mol. The minimum Gasteiger partial charge on any atom is -0.338 e.